The van der Waals surface area contributed by atoms with E-state index in [0.29, 0.717) is 36.9 Å². The number of hydrogen-bond acceptors (Lipinski definition) is 6. The lowest BCUT2D eigenvalue weighted by atomic mass is 9.75. The molecule has 10 nitrogen and oxygen atoms in total. The summed E-state index contributed by atoms with van der Waals surface area (Å²) in [6.07, 6.45) is 12.8. The van der Waals surface area contributed by atoms with E-state index in [2.05, 4.69) is 57.7 Å². The van der Waals surface area contributed by atoms with E-state index in [1.807, 2.05) is 0 Å². The highest BCUT2D eigenvalue weighted by atomic mass is 32.2. The normalized spacial score (nSPS) is 30.6. The maximum absolute atomic E-state index is 15.2. The van der Waals surface area contributed by atoms with Crippen molar-refractivity contribution < 1.29 is 27.5 Å². The molecule has 3 aliphatic heterocycles. The summed E-state index contributed by atoms with van der Waals surface area (Å²) in [4.78, 5) is 37.6. The first-order chi connectivity index (χ1) is 23.1. The summed E-state index contributed by atoms with van der Waals surface area (Å²) in [5.74, 6) is -0.297. The van der Waals surface area contributed by atoms with E-state index in [1.165, 1.54) is 44.4 Å². The average molecular weight is 675 g/mol. The maximum Gasteiger partial charge on any atom is 0.350 e. The van der Waals surface area contributed by atoms with Gasteiger partial charge in [0.25, 0.3) is 5.91 Å². The number of benzene rings is 1. The average Bonchev–Trinajstić information content (AvgIpc) is 3.52. The predicted octanol–water partition coefficient (Wildman–Crippen LogP) is 4.52. The summed E-state index contributed by atoms with van der Waals surface area (Å²) >= 11 is 0. The van der Waals surface area contributed by atoms with Crippen molar-refractivity contribution in [3.05, 3.63) is 70.0 Å². The van der Waals surface area contributed by atoms with E-state index >= 15 is 4.79 Å². The Hall–Kier alpha value is -3.09. The Morgan fingerprint density at radius 3 is 2.60 bits per heavy atom. The molecule has 3 aliphatic carbocycles. The van der Waals surface area contributed by atoms with Crippen LogP contribution in [0.15, 0.2) is 58.7 Å². The summed E-state index contributed by atoms with van der Waals surface area (Å²) in [6, 6.07) is 8.98. The van der Waals surface area contributed by atoms with Crippen LogP contribution in [0.5, 0.6) is 0 Å². The smallest absolute Gasteiger partial charge is 0.339 e. The fraction of sp³-hybridized carbons (Fsp3) is 0.568. The molecule has 11 heteroatoms. The second kappa shape index (κ2) is 11.8. The van der Waals surface area contributed by atoms with Gasteiger partial charge in [-0.05, 0) is 67.0 Å². The Kier molecular flexibility index (Phi) is 7.87. The molecule has 5 atom stereocenters. The number of fused-ring (bicyclic) bond motifs is 7. The van der Waals surface area contributed by atoms with Gasteiger partial charge >= 0.3 is 16.1 Å². The number of para-hydroxylation sites is 1. The molecule has 1 saturated carbocycles. The van der Waals surface area contributed by atoms with E-state index < -0.39 is 22.0 Å². The van der Waals surface area contributed by atoms with Crippen molar-refractivity contribution in [3.63, 3.8) is 0 Å². The minimum absolute atomic E-state index is 0.0366. The molecular weight excluding hydrogens is 627 g/mol. The van der Waals surface area contributed by atoms with Gasteiger partial charge in [-0.2, -0.15) is 17.6 Å². The molecular formula is C37H48N5O5S+. The highest BCUT2D eigenvalue weighted by Gasteiger charge is 2.59. The van der Waals surface area contributed by atoms with Gasteiger partial charge in [-0.15, -0.1) is 4.65 Å². The Bertz CT molecular complexity index is 1900. The number of rotatable bonds is 6. The summed E-state index contributed by atoms with van der Waals surface area (Å²) in [6.45, 7) is 2.94. The summed E-state index contributed by atoms with van der Waals surface area (Å²) in [5, 5.41) is 1.16. The number of likely N-dealkylation sites (N-methyl/N-ethyl adjacent to an activating group) is 1. The molecule has 4 heterocycles. The molecule has 6 aliphatic rings. The third-order valence-corrected chi connectivity index (χ3v) is 13.7. The molecule has 0 bridgehead atoms. The minimum Gasteiger partial charge on any atom is -0.339 e. The second-order valence-electron chi connectivity index (χ2n) is 15.1. The topological polar surface area (TPSA) is 101 Å². The molecule has 48 heavy (non-hydrogen) atoms. The van der Waals surface area contributed by atoms with Gasteiger partial charge < -0.3 is 4.57 Å². The van der Waals surface area contributed by atoms with E-state index in [0.717, 1.165) is 70.9 Å². The molecule has 3 fully saturated rings. The standard InChI is InChI=1S/C37H47N5O5S/c1-39(2)48(45,46)38-36(43)34-29-21-41-30(19-24-13-8-15-26(35(24)41)23-11-6-5-7-12-23)32-27(33(29)34)16-9-17-28(32)37(44)42(47-4)18-10-14-25-20-40(3)22-31(25)42/h8-9,13,15-16,19,23,25,28,31-32H,5-7,10-12,14,17-18,20-22H2,1-4H3/p+1/t25-,28-,31+,32?,42?/m1/s1. The fourth-order valence-corrected chi connectivity index (χ4v) is 10.5. The third kappa shape index (κ3) is 4.91. The highest BCUT2D eigenvalue weighted by Crippen LogP contribution is 2.55. The van der Waals surface area contributed by atoms with Crippen molar-refractivity contribution in [3.8, 4) is 0 Å². The molecule has 1 aromatic heterocycles. The number of nitrogens with one attached hydrogen (secondary N) is 1. The molecule has 8 rings (SSSR count). The molecule has 256 valence electrons. The van der Waals surface area contributed by atoms with Crippen molar-refractivity contribution in [2.45, 2.75) is 75.8 Å². The zero-order valence-corrected chi connectivity index (χ0v) is 29.4. The van der Waals surface area contributed by atoms with Crippen LogP contribution in [-0.4, -0.2) is 92.6 Å². The van der Waals surface area contributed by atoms with E-state index in [-0.39, 0.29) is 22.5 Å². The number of amides is 2. The maximum atomic E-state index is 15.2. The molecule has 0 spiro atoms. The Morgan fingerprint density at radius 1 is 1.06 bits per heavy atom. The van der Waals surface area contributed by atoms with Gasteiger partial charge in [0.15, 0.2) is 0 Å². The number of carbonyl (C=O) groups is 2. The lowest BCUT2D eigenvalue weighted by Gasteiger charge is -2.45. The summed E-state index contributed by atoms with van der Waals surface area (Å²) in [5.41, 5.74) is 6.68. The van der Waals surface area contributed by atoms with Crippen LogP contribution in [0.4, 0.5) is 0 Å². The minimum atomic E-state index is -3.98. The molecule has 0 radical (unpaired) electrons. The van der Waals surface area contributed by atoms with Crippen LogP contribution in [0, 0.1) is 11.8 Å². The van der Waals surface area contributed by atoms with Gasteiger partial charge in [-0.3, -0.25) is 9.69 Å². The van der Waals surface area contributed by atoms with Gasteiger partial charge in [-0.25, -0.2) is 9.52 Å². The van der Waals surface area contributed by atoms with E-state index in [1.54, 1.807) is 7.11 Å². The fourth-order valence-electron chi connectivity index (χ4n) is 10.0. The van der Waals surface area contributed by atoms with Crippen LogP contribution >= 0.6 is 0 Å². The number of allylic oxidation sites excluding steroid dienone is 4. The molecule has 2 aromatic rings. The van der Waals surface area contributed by atoms with Gasteiger partial charge in [0, 0.05) is 56.5 Å². The van der Waals surface area contributed by atoms with Crippen LogP contribution in [-0.2, 0) is 31.2 Å². The lowest BCUT2D eigenvalue weighted by molar-refractivity contribution is -1.06. The Balaban J connectivity index is 1.29. The number of likely N-dealkylation sites (tertiary alicyclic amines) is 2. The van der Waals surface area contributed by atoms with Gasteiger partial charge in [-0.1, -0.05) is 49.6 Å². The van der Waals surface area contributed by atoms with Gasteiger partial charge in [0.05, 0.1) is 30.7 Å². The first-order valence-corrected chi connectivity index (χ1v) is 19.2. The summed E-state index contributed by atoms with van der Waals surface area (Å²) < 4.78 is 31.2. The monoisotopic (exact) mass is 674 g/mol. The molecule has 1 aromatic carbocycles. The number of piperidine rings is 1. The molecule has 2 unspecified atom stereocenters. The van der Waals surface area contributed by atoms with Crippen LogP contribution < -0.4 is 4.72 Å². The van der Waals surface area contributed by atoms with Gasteiger partial charge in [0.2, 0.25) is 0 Å². The molecule has 2 saturated heterocycles. The van der Waals surface area contributed by atoms with Crippen molar-refractivity contribution in [2.24, 2.45) is 11.8 Å². The SMILES string of the molecule is CO[N+]1(C(=O)[C@@H]2CC=CC3=C4C(=C4C(=O)NS(=O)(=O)N(C)C)Cn4c(cc5cccc(C6CCCCC6)c54)C32)CCC[C@@H]2CN(C)C[C@@H]21. The van der Waals surface area contributed by atoms with Gasteiger partial charge in [0.1, 0.15) is 12.6 Å². The number of nitrogens with zero attached hydrogens (tertiary/aromatic N) is 4. The quantitative estimate of drug-likeness (QED) is 0.453. The number of aromatic nitrogens is 1. The molecule has 1 N–H and O–H groups in total. The summed E-state index contributed by atoms with van der Waals surface area (Å²) in [7, 11) is 2.67. The van der Waals surface area contributed by atoms with Crippen molar-refractivity contribution in [1.29, 1.82) is 0 Å². The van der Waals surface area contributed by atoms with E-state index in [9.17, 15) is 13.2 Å². The number of hydroxylamine groups is 3. The van der Waals surface area contributed by atoms with E-state index in [4.69, 9.17) is 4.84 Å². The number of quaternary nitrogens is 1. The Labute approximate surface area is 283 Å². The zero-order chi connectivity index (χ0) is 33.5. The first-order valence-electron chi connectivity index (χ1n) is 17.7. The second-order valence-corrected chi connectivity index (χ2v) is 17.0. The van der Waals surface area contributed by atoms with Crippen LogP contribution in [0.1, 0.15) is 74.5 Å². The first kappa shape index (κ1) is 32.1. The predicted molar refractivity (Wildman–Crippen MR) is 184 cm³/mol. The van der Waals surface area contributed by atoms with Crippen LogP contribution in [0.25, 0.3) is 10.9 Å². The number of hydrogen-bond donors (Lipinski definition) is 1. The highest BCUT2D eigenvalue weighted by molar-refractivity contribution is 7.87. The largest absolute Gasteiger partial charge is 0.350 e. The lowest BCUT2D eigenvalue weighted by Crippen LogP contribution is -2.65. The van der Waals surface area contributed by atoms with Crippen molar-refractivity contribution in [1.82, 2.24) is 18.5 Å². The Morgan fingerprint density at radius 2 is 1.85 bits per heavy atom. The van der Waals surface area contributed by atoms with Crippen molar-refractivity contribution in [2.75, 3.05) is 47.9 Å². The third-order valence-electron chi connectivity index (χ3n) is 12.3. The number of carbonyl (C=O) groups excluding carboxylic acids is 2. The molecule has 2 amide bonds. The van der Waals surface area contributed by atoms with Crippen LogP contribution in [0.3, 0.4) is 0 Å². The zero-order valence-electron chi connectivity index (χ0n) is 28.6. The van der Waals surface area contributed by atoms with Crippen LogP contribution in [0.2, 0.25) is 0 Å². The van der Waals surface area contributed by atoms with Crippen molar-refractivity contribution >= 4 is 32.9 Å².